The summed E-state index contributed by atoms with van der Waals surface area (Å²) in [6, 6.07) is 7.26. The standard InChI is InChI=1S/C13H12BrN3O3S/c14-9-4-2-1-3-8(9)5-15-13(20)16-6-11-17-10(7-21-11)12(18)19/h1-4,7H,5-6H2,(H,18,19)(H2,15,16,20). The number of urea groups is 1. The van der Waals surface area contributed by atoms with Gasteiger partial charge in [0.15, 0.2) is 5.69 Å². The maximum Gasteiger partial charge on any atom is 0.355 e. The molecule has 21 heavy (non-hydrogen) atoms. The van der Waals surface area contributed by atoms with Gasteiger partial charge in [-0.05, 0) is 11.6 Å². The summed E-state index contributed by atoms with van der Waals surface area (Å²) in [5, 5.41) is 16.1. The number of hydrogen-bond donors (Lipinski definition) is 3. The molecule has 1 aromatic heterocycles. The molecule has 0 spiro atoms. The molecule has 2 aromatic rings. The molecule has 0 bridgehead atoms. The fraction of sp³-hybridized carbons (Fsp3) is 0.154. The van der Waals surface area contributed by atoms with Crippen LogP contribution in [0.5, 0.6) is 0 Å². The van der Waals surface area contributed by atoms with Crippen molar-refractivity contribution in [1.29, 1.82) is 0 Å². The van der Waals surface area contributed by atoms with E-state index in [2.05, 4.69) is 31.5 Å². The largest absolute Gasteiger partial charge is 0.476 e. The second-order valence-corrected chi connectivity index (χ2v) is 5.86. The Balaban J connectivity index is 1.79. The quantitative estimate of drug-likeness (QED) is 0.755. The lowest BCUT2D eigenvalue weighted by molar-refractivity contribution is 0.0691. The van der Waals surface area contributed by atoms with E-state index >= 15 is 0 Å². The fourth-order valence-electron chi connectivity index (χ4n) is 1.53. The Hall–Kier alpha value is -1.93. The fourth-order valence-corrected chi connectivity index (χ4v) is 2.66. The van der Waals surface area contributed by atoms with Crippen molar-refractivity contribution in [2.45, 2.75) is 13.1 Å². The van der Waals surface area contributed by atoms with Crippen molar-refractivity contribution < 1.29 is 14.7 Å². The molecular weight excluding hydrogens is 358 g/mol. The van der Waals surface area contributed by atoms with Gasteiger partial charge < -0.3 is 15.7 Å². The summed E-state index contributed by atoms with van der Waals surface area (Å²) < 4.78 is 0.927. The zero-order valence-corrected chi connectivity index (χ0v) is 13.2. The second kappa shape index (κ2) is 7.19. The highest BCUT2D eigenvalue weighted by Crippen LogP contribution is 2.15. The number of rotatable bonds is 5. The first-order valence-electron chi connectivity index (χ1n) is 5.99. The minimum atomic E-state index is -1.07. The van der Waals surface area contributed by atoms with Crippen LogP contribution in [-0.2, 0) is 13.1 Å². The maximum absolute atomic E-state index is 11.7. The normalized spacial score (nSPS) is 10.1. The van der Waals surface area contributed by atoms with Crippen LogP contribution in [0.15, 0.2) is 34.1 Å². The zero-order chi connectivity index (χ0) is 15.2. The average molecular weight is 370 g/mol. The van der Waals surface area contributed by atoms with E-state index in [0.717, 1.165) is 10.0 Å². The Labute approximate surface area is 133 Å². The van der Waals surface area contributed by atoms with Gasteiger partial charge in [-0.25, -0.2) is 14.6 Å². The van der Waals surface area contributed by atoms with E-state index in [9.17, 15) is 9.59 Å². The predicted molar refractivity (Wildman–Crippen MR) is 82.3 cm³/mol. The first-order valence-corrected chi connectivity index (χ1v) is 7.66. The molecule has 2 rings (SSSR count). The molecule has 110 valence electrons. The summed E-state index contributed by atoms with van der Waals surface area (Å²) >= 11 is 4.60. The first kappa shape index (κ1) is 15.5. The lowest BCUT2D eigenvalue weighted by Crippen LogP contribution is -2.34. The number of benzene rings is 1. The number of carboxylic acids is 1. The molecule has 6 nitrogen and oxygen atoms in total. The Morgan fingerprint density at radius 2 is 1.95 bits per heavy atom. The van der Waals surface area contributed by atoms with Gasteiger partial charge in [0.2, 0.25) is 0 Å². The van der Waals surface area contributed by atoms with Gasteiger partial charge in [-0.3, -0.25) is 0 Å². The van der Waals surface area contributed by atoms with Gasteiger partial charge in [0.1, 0.15) is 5.01 Å². The Kier molecular flexibility index (Phi) is 5.29. The molecule has 2 amide bonds. The summed E-state index contributed by atoms with van der Waals surface area (Å²) in [7, 11) is 0. The molecule has 3 N–H and O–H groups in total. The van der Waals surface area contributed by atoms with Crippen LogP contribution in [0.3, 0.4) is 0 Å². The highest BCUT2D eigenvalue weighted by atomic mass is 79.9. The number of carboxylic acid groups (broad SMARTS) is 1. The van der Waals surface area contributed by atoms with Gasteiger partial charge >= 0.3 is 12.0 Å². The predicted octanol–water partition coefficient (Wildman–Crippen LogP) is 2.60. The highest BCUT2D eigenvalue weighted by molar-refractivity contribution is 9.10. The van der Waals surface area contributed by atoms with E-state index in [1.807, 2.05) is 24.3 Å². The van der Waals surface area contributed by atoms with E-state index in [-0.39, 0.29) is 18.3 Å². The number of carbonyl (C=O) groups is 2. The molecule has 0 aliphatic carbocycles. The zero-order valence-electron chi connectivity index (χ0n) is 10.8. The number of hydrogen-bond acceptors (Lipinski definition) is 4. The molecule has 0 saturated heterocycles. The van der Waals surface area contributed by atoms with Crippen molar-refractivity contribution in [2.24, 2.45) is 0 Å². The summed E-state index contributed by atoms with van der Waals surface area (Å²) in [6.07, 6.45) is 0. The van der Waals surface area contributed by atoms with E-state index in [1.165, 1.54) is 16.7 Å². The summed E-state index contributed by atoms with van der Waals surface area (Å²) in [5.74, 6) is -1.07. The lowest BCUT2D eigenvalue weighted by atomic mass is 10.2. The van der Waals surface area contributed by atoms with Crippen molar-refractivity contribution in [2.75, 3.05) is 0 Å². The number of amides is 2. The van der Waals surface area contributed by atoms with Crippen LogP contribution < -0.4 is 10.6 Å². The third-order valence-electron chi connectivity index (χ3n) is 2.57. The smallest absolute Gasteiger partial charge is 0.355 e. The molecule has 0 aliphatic heterocycles. The Bertz CT molecular complexity index is 660. The summed E-state index contributed by atoms with van der Waals surface area (Å²) in [5.41, 5.74) is 0.959. The lowest BCUT2D eigenvalue weighted by Gasteiger charge is -2.07. The van der Waals surface area contributed by atoms with Crippen molar-refractivity contribution in [3.05, 3.63) is 50.4 Å². The van der Waals surface area contributed by atoms with Gasteiger partial charge in [-0.15, -0.1) is 11.3 Å². The van der Waals surface area contributed by atoms with E-state index in [0.29, 0.717) is 11.6 Å². The number of halogens is 1. The topological polar surface area (TPSA) is 91.3 Å². The number of thiazole rings is 1. The summed E-state index contributed by atoms with van der Waals surface area (Å²) in [6.45, 7) is 0.589. The van der Waals surface area contributed by atoms with Crippen LogP contribution in [0, 0.1) is 0 Å². The SMILES string of the molecule is O=C(NCc1nc(C(=O)O)cs1)NCc1ccccc1Br. The van der Waals surface area contributed by atoms with E-state index in [4.69, 9.17) is 5.11 Å². The number of nitrogens with one attached hydrogen (secondary N) is 2. The molecule has 8 heteroatoms. The Morgan fingerprint density at radius 1 is 1.24 bits per heavy atom. The monoisotopic (exact) mass is 369 g/mol. The number of carbonyl (C=O) groups excluding carboxylic acids is 1. The number of nitrogens with zero attached hydrogens (tertiary/aromatic N) is 1. The van der Waals surface area contributed by atoms with Crippen molar-refractivity contribution in [3.63, 3.8) is 0 Å². The Morgan fingerprint density at radius 3 is 2.62 bits per heavy atom. The molecule has 0 aliphatic rings. The van der Waals surface area contributed by atoms with Crippen LogP contribution in [0.1, 0.15) is 21.1 Å². The summed E-state index contributed by atoms with van der Waals surface area (Å²) in [4.78, 5) is 26.2. The van der Waals surface area contributed by atoms with Gasteiger partial charge in [-0.1, -0.05) is 34.1 Å². The van der Waals surface area contributed by atoms with Crippen LogP contribution in [0.25, 0.3) is 0 Å². The minimum absolute atomic E-state index is 0.00887. The highest BCUT2D eigenvalue weighted by Gasteiger charge is 2.09. The number of aromatic nitrogens is 1. The molecule has 1 aromatic carbocycles. The van der Waals surface area contributed by atoms with Crippen LogP contribution in [0.4, 0.5) is 4.79 Å². The minimum Gasteiger partial charge on any atom is -0.476 e. The van der Waals surface area contributed by atoms with E-state index < -0.39 is 5.97 Å². The molecular formula is C13H12BrN3O3S. The number of aromatic carboxylic acids is 1. The van der Waals surface area contributed by atoms with Crippen molar-refractivity contribution in [1.82, 2.24) is 15.6 Å². The second-order valence-electron chi connectivity index (χ2n) is 4.06. The average Bonchev–Trinajstić information content (AvgIpc) is 2.93. The van der Waals surface area contributed by atoms with Gasteiger partial charge in [0, 0.05) is 16.4 Å². The molecule has 0 unspecified atom stereocenters. The van der Waals surface area contributed by atoms with Crippen LogP contribution in [0.2, 0.25) is 0 Å². The van der Waals surface area contributed by atoms with Crippen LogP contribution >= 0.6 is 27.3 Å². The van der Waals surface area contributed by atoms with Crippen LogP contribution in [-0.4, -0.2) is 22.1 Å². The first-order chi connectivity index (χ1) is 10.1. The molecule has 0 atom stereocenters. The third kappa shape index (κ3) is 4.54. The molecule has 0 fully saturated rings. The molecule has 0 radical (unpaired) electrons. The van der Waals surface area contributed by atoms with Gasteiger partial charge in [0.25, 0.3) is 0 Å². The maximum atomic E-state index is 11.7. The van der Waals surface area contributed by atoms with E-state index in [1.54, 1.807) is 0 Å². The van der Waals surface area contributed by atoms with Gasteiger partial charge in [-0.2, -0.15) is 0 Å². The van der Waals surface area contributed by atoms with Gasteiger partial charge in [0.05, 0.1) is 6.54 Å². The molecule has 0 saturated carbocycles. The van der Waals surface area contributed by atoms with Crippen molar-refractivity contribution in [3.8, 4) is 0 Å². The molecule has 1 heterocycles. The van der Waals surface area contributed by atoms with Crippen molar-refractivity contribution >= 4 is 39.3 Å². The third-order valence-corrected chi connectivity index (χ3v) is 4.19.